The Morgan fingerprint density at radius 3 is 2.53 bits per heavy atom. The number of carbonyl (C=O) groups excluding carboxylic acids is 3. The first-order valence-corrected chi connectivity index (χ1v) is 11.7. The van der Waals surface area contributed by atoms with Gasteiger partial charge in [0, 0.05) is 42.9 Å². The van der Waals surface area contributed by atoms with Crippen molar-refractivity contribution in [3.8, 4) is 16.9 Å². The van der Waals surface area contributed by atoms with E-state index in [0.29, 0.717) is 23.0 Å². The zero-order valence-electron chi connectivity index (χ0n) is 21.2. The molecule has 11 nitrogen and oxygen atoms in total. The number of carbonyl (C=O) groups is 4. The Labute approximate surface area is 219 Å². The number of rotatable bonds is 10. The van der Waals surface area contributed by atoms with Crippen LogP contribution in [0.15, 0.2) is 67.0 Å². The molecule has 11 heteroatoms. The van der Waals surface area contributed by atoms with E-state index in [9.17, 15) is 19.2 Å². The monoisotopic (exact) mass is 519 g/mol. The predicted octanol–water partition coefficient (Wildman–Crippen LogP) is 2.31. The molecule has 3 amide bonds. The van der Waals surface area contributed by atoms with Gasteiger partial charge in [0.1, 0.15) is 5.75 Å². The van der Waals surface area contributed by atoms with E-state index < -0.39 is 17.8 Å². The van der Waals surface area contributed by atoms with Crippen LogP contribution in [0.25, 0.3) is 11.1 Å². The molecule has 3 rings (SSSR count). The summed E-state index contributed by atoms with van der Waals surface area (Å²) in [6, 6.07) is 12.3. The van der Waals surface area contributed by atoms with Gasteiger partial charge in [-0.25, -0.2) is 4.79 Å². The lowest BCUT2D eigenvalue weighted by atomic mass is 9.99. The maximum atomic E-state index is 13.2. The van der Waals surface area contributed by atoms with E-state index in [0.717, 1.165) is 22.8 Å². The third kappa shape index (κ3) is 7.79. The number of amides is 3. The Hall–Kier alpha value is -4.93. The number of aromatic nitrogens is 2. The van der Waals surface area contributed by atoms with E-state index in [1.807, 2.05) is 38.4 Å². The molecule has 0 aliphatic rings. The van der Waals surface area contributed by atoms with Crippen LogP contribution in [0.2, 0.25) is 0 Å². The van der Waals surface area contributed by atoms with Crippen molar-refractivity contribution in [3.05, 3.63) is 83.7 Å². The lowest BCUT2D eigenvalue weighted by Gasteiger charge is -2.18. The van der Waals surface area contributed by atoms with E-state index in [2.05, 4.69) is 21.3 Å². The molecule has 1 atom stereocenters. The second-order valence-electron chi connectivity index (χ2n) is 8.46. The van der Waals surface area contributed by atoms with Gasteiger partial charge < -0.3 is 15.2 Å². The summed E-state index contributed by atoms with van der Waals surface area (Å²) in [5.74, 6) is -2.20. The number of nitrogens with zero attached hydrogens (tertiary/aromatic N) is 2. The number of benzene rings is 2. The van der Waals surface area contributed by atoms with Crippen LogP contribution in [0, 0.1) is 0 Å². The van der Waals surface area contributed by atoms with Crippen molar-refractivity contribution in [2.75, 3.05) is 7.11 Å². The van der Waals surface area contributed by atoms with Gasteiger partial charge in [-0.3, -0.25) is 29.9 Å². The van der Waals surface area contributed by atoms with Crippen molar-refractivity contribution in [2.45, 2.75) is 25.8 Å². The largest absolute Gasteiger partial charge is 0.497 e. The first kappa shape index (κ1) is 27.7. The number of aryl methyl sites for hydroxylation is 2. The van der Waals surface area contributed by atoms with E-state index in [1.165, 1.54) is 0 Å². The van der Waals surface area contributed by atoms with Gasteiger partial charge in [-0.05, 0) is 54.3 Å². The second-order valence-corrected chi connectivity index (χ2v) is 8.46. The van der Waals surface area contributed by atoms with Crippen LogP contribution in [0.5, 0.6) is 5.75 Å². The standard InChI is InChI=1S/C27H29N5O6/c1-17(19-12-20(14-22(13-19)38-3)21-15-28-32(2)16-21)29-27(37)23-7-5-4-6-18(23)8-9-24(33)30-31-25(34)10-11-26(35)36/h4-7,10-17H,8-9H2,1-3H3,(H,29,37)(H,30,33)(H,31,34)(H,35,36)/b11-10+. The van der Waals surface area contributed by atoms with Crippen LogP contribution < -0.4 is 20.9 Å². The Kier molecular flexibility index (Phi) is 9.36. The third-order valence-corrected chi connectivity index (χ3v) is 5.64. The lowest BCUT2D eigenvalue weighted by molar-refractivity contribution is -0.131. The highest BCUT2D eigenvalue weighted by molar-refractivity contribution is 5.96. The molecular weight excluding hydrogens is 490 g/mol. The molecule has 198 valence electrons. The summed E-state index contributed by atoms with van der Waals surface area (Å²) in [7, 11) is 3.42. The van der Waals surface area contributed by atoms with Gasteiger partial charge in [0.25, 0.3) is 11.8 Å². The Bertz CT molecular complexity index is 1360. The first-order chi connectivity index (χ1) is 18.2. The van der Waals surface area contributed by atoms with E-state index in [4.69, 9.17) is 9.84 Å². The average Bonchev–Trinajstić information content (AvgIpc) is 3.35. The van der Waals surface area contributed by atoms with Crippen molar-refractivity contribution in [3.63, 3.8) is 0 Å². The maximum Gasteiger partial charge on any atom is 0.328 e. The minimum absolute atomic E-state index is 0.00682. The van der Waals surface area contributed by atoms with Crippen molar-refractivity contribution < 1.29 is 29.0 Å². The molecular formula is C27H29N5O6. The zero-order chi connectivity index (χ0) is 27.7. The van der Waals surface area contributed by atoms with Gasteiger partial charge in [0.05, 0.1) is 19.3 Å². The smallest absolute Gasteiger partial charge is 0.328 e. The van der Waals surface area contributed by atoms with Gasteiger partial charge in [0.15, 0.2) is 0 Å². The fraction of sp³-hybridized carbons (Fsp3) is 0.222. The molecule has 1 unspecified atom stereocenters. The summed E-state index contributed by atoms with van der Waals surface area (Å²) in [5.41, 5.74) is 8.07. The fourth-order valence-electron chi connectivity index (χ4n) is 3.68. The normalized spacial score (nSPS) is 11.6. The van der Waals surface area contributed by atoms with Crippen molar-refractivity contribution in [2.24, 2.45) is 7.05 Å². The third-order valence-electron chi connectivity index (χ3n) is 5.64. The molecule has 0 saturated heterocycles. The summed E-state index contributed by atoms with van der Waals surface area (Å²) in [5, 5.41) is 15.8. The SMILES string of the molecule is COc1cc(-c2cnn(C)c2)cc(C(C)NC(=O)c2ccccc2CCC(=O)NNC(=O)/C=C/C(=O)O)c1. The van der Waals surface area contributed by atoms with Crippen LogP contribution in [-0.4, -0.2) is 45.7 Å². The van der Waals surface area contributed by atoms with Gasteiger partial charge in [0.2, 0.25) is 5.91 Å². The molecule has 0 aliphatic carbocycles. The molecule has 0 spiro atoms. The zero-order valence-corrected chi connectivity index (χ0v) is 21.2. The fourth-order valence-corrected chi connectivity index (χ4v) is 3.68. The minimum atomic E-state index is -1.28. The quantitative estimate of drug-likeness (QED) is 0.237. The molecule has 0 fully saturated rings. The molecule has 3 aromatic rings. The van der Waals surface area contributed by atoms with Crippen LogP contribution >= 0.6 is 0 Å². The number of carboxylic acid groups (broad SMARTS) is 1. The molecule has 2 aromatic carbocycles. The maximum absolute atomic E-state index is 13.2. The van der Waals surface area contributed by atoms with Crippen LogP contribution in [0.3, 0.4) is 0 Å². The summed E-state index contributed by atoms with van der Waals surface area (Å²) >= 11 is 0. The molecule has 38 heavy (non-hydrogen) atoms. The number of nitrogens with one attached hydrogen (secondary N) is 3. The van der Waals surface area contributed by atoms with Gasteiger partial charge in [-0.1, -0.05) is 18.2 Å². The van der Waals surface area contributed by atoms with Gasteiger partial charge in [-0.2, -0.15) is 5.10 Å². The Balaban J connectivity index is 1.66. The van der Waals surface area contributed by atoms with Crippen molar-refractivity contribution >= 4 is 23.7 Å². The highest BCUT2D eigenvalue weighted by Crippen LogP contribution is 2.29. The number of aliphatic carboxylic acids is 1. The number of hydrogen-bond donors (Lipinski definition) is 4. The molecule has 0 radical (unpaired) electrons. The summed E-state index contributed by atoms with van der Waals surface area (Å²) in [6.07, 6.45) is 5.33. The molecule has 0 saturated carbocycles. The van der Waals surface area contributed by atoms with E-state index in [-0.39, 0.29) is 24.8 Å². The van der Waals surface area contributed by atoms with Crippen LogP contribution in [0.4, 0.5) is 0 Å². The molecule has 1 aromatic heterocycles. The Morgan fingerprint density at radius 1 is 1.08 bits per heavy atom. The van der Waals surface area contributed by atoms with Gasteiger partial charge in [-0.15, -0.1) is 0 Å². The first-order valence-electron chi connectivity index (χ1n) is 11.7. The number of hydrogen-bond acceptors (Lipinski definition) is 6. The number of ether oxygens (including phenoxy) is 1. The number of carboxylic acids is 1. The molecule has 0 aliphatic heterocycles. The van der Waals surface area contributed by atoms with Gasteiger partial charge >= 0.3 is 5.97 Å². The highest BCUT2D eigenvalue weighted by Gasteiger charge is 2.17. The average molecular weight is 520 g/mol. The molecule has 4 N–H and O–H groups in total. The van der Waals surface area contributed by atoms with E-state index in [1.54, 1.807) is 42.3 Å². The Morgan fingerprint density at radius 2 is 1.84 bits per heavy atom. The number of methoxy groups -OCH3 is 1. The van der Waals surface area contributed by atoms with Crippen LogP contribution in [0.1, 0.15) is 40.9 Å². The van der Waals surface area contributed by atoms with E-state index >= 15 is 0 Å². The second kappa shape index (κ2) is 12.9. The molecule has 0 bridgehead atoms. The van der Waals surface area contributed by atoms with Crippen LogP contribution in [-0.2, 0) is 27.9 Å². The highest BCUT2D eigenvalue weighted by atomic mass is 16.5. The topological polar surface area (TPSA) is 152 Å². The molecule has 1 heterocycles. The van der Waals surface area contributed by atoms with Crippen molar-refractivity contribution in [1.82, 2.24) is 25.9 Å². The summed E-state index contributed by atoms with van der Waals surface area (Å²) in [6.45, 7) is 1.87. The lowest BCUT2D eigenvalue weighted by Crippen LogP contribution is -2.41. The minimum Gasteiger partial charge on any atom is -0.497 e. The predicted molar refractivity (Wildman–Crippen MR) is 139 cm³/mol. The number of hydrazine groups is 1. The van der Waals surface area contributed by atoms with Crippen molar-refractivity contribution in [1.29, 1.82) is 0 Å². The summed E-state index contributed by atoms with van der Waals surface area (Å²) < 4.78 is 7.17. The summed E-state index contributed by atoms with van der Waals surface area (Å²) in [4.78, 5) is 47.2.